The summed E-state index contributed by atoms with van der Waals surface area (Å²) in [6.07, 6.45) is -1.96. The number of nitrogens with two attached hydrogens (primary N) is 1. The second kappa shape index (κ2) is 2.85. The smallest absolute Gasteiger partial charge is 0.171 e. The number of nitrogen functional groups attached to an aromatic ring is 1. The molecule has 0 aromatic carbocycles. The van der Waals surface area contributed by atoms with Gasteiger partial charge < -0.3 is 5.73 Å². The van der Waals surface area contributed by atoms with Crippen molar-refractivity contribution in [2.24, 2.45) is 0 Å². The number of rotatable bonds is 1. The van der Waals surface area contributed by atoms with Crippen LogP contribution in [-0.2, 0) is 0 Å². The third-order valence-electron chi connectivity index (χ3n) is 1.23. The van der Waals surface area contributed by atoms with Crippen LogP contribution in [0.2, 0.25) is 0 Å². The van der Waals surface area contributed by atoms with Crippen LogP contribution >= 0.6 is 0 Å². The molecule has 0 aliphatic carbocycles. The summed E-state index contributed by atoms with van der Waals surface area (Å²) in [6, 6.07) is 0. The molecule has 0 spiro atoms. The van der Waals surface area contributed by atoms with E-state index in [4.69, 9.17) is 15.3 Å². The number of anilines is 1. The molecule has 0 aliphatic rings. The predicted molar refractivity (Wildman–Crippen MR) is 48.3 cm³/mol. The van der Waals surface area contributed by atoms with Crippen molar-refractivity contribution in [1.82, 2.24) is 19.7 Å². The molecule has 0 saturated carbocycles. The summed E-state index contributed by atoms with van der Waals surface area (Å²) in [4.78, 5) is 7.13. The maximum absolute atomic E-state index is 7.65. The first kappa shape index (κ1) is 3.10. The van der Waals surface area contributed by atoms with Crippen LogP contribution in [0.3, 0.4) is 0 Å². The lowest BCUT2D eigenvalue weighted by atomic mass is 10.5. The number of aryl methyl sites for hydroxylation is 1. The van der Waals surface area contributed by atoms with Crippen molar-refractivity contribution < 1.29 is 9.60 Å². The number of hydrogen-bond donors (Lipinski definition) is 1. The zero-order chi connectivity index (χ0) is 15.2. The van der Waals surface area contributed by atoms with Gasteiger partial charge in [0.05, 0.1) is 41.6 Å². The van der Waals surface area contributed by atoms with Crippen molar-refractivity contribution >= 4 is 5.69 Å². The Kier molecular flexibility index (Phi) is 0.680. The van der Waals surface area contributed by atoms with Gasteiger partial charge in [-0.3, -0.25) is 4.98 Å². The van der Waals surface area contributed by atoms with E-state index < -0.39 is 24.9 Å². The lowest BCUT2D eigenvalue weighted by Crippen LogP contribution is -1.98. The van der Waals surface area contributed by atoms with Crippen LogP contribution < -0.4 is 5.73 Å². The van der Waals surface area contributed by atoms with Crippen LogP contribution in [0, 0.1) is 6.85 Å². The zero-order valence-electron chi connectivity index (χ0n) is 13.4. The average molecular weight is 182 g/mol. The molecule has 5 heteroatoms. The van der Waals surface area contributed by atoms with E-state index in [9.17, 15) is 0 Å². The van der Waals surface area contributed by atoms with Gasteiger partial charge in [-0.05, 0) is 6.85 Å². The number of hydrogen-bond acceptors (Lipinski definition) is 4. The Labute approximate surface area is 85.1 Å². The standard InChI is InChI=1S/C8H9N5/c1-6-2-11-8(4-10-6)13-5-7(9)3-12-13/h2-5H,9H2,1H3/i1D3,2D,3D,4D,5D. The molecule has 2 N–H and O–H groups in total. The molecular formula is C8H9N5. The summed E-state index contributed by atoms with van der Waals surface area (Å²) in [5, 5.41) is 3.60. The van der Waals surface area contributed by atoms with Crippen LogP contribution in [0.1, 0.15) is 15.3 Å². The molecule has 0 aliphatic heterocycles. The Bertz CT molecular complexity index is 677. The largest absolute Gasteiger partial charge is 0.396 e. The Morgan fingerprint density at radius 1 is 1.46 bits per heavy atom. The van der Waals surface area contributed by atoms with Crippen molar-refractivity contribution in [2.75, 3.05) is 5.73 Å². The molecule has 0 bridgehead atoms. The summed E-state index contributed by atoms with van der Waals surface area (Å²) < 4.78 is 52.5. The third kappa shape index (κ3) is 1.48. The summed E-state index contributed by atoms with van der Waals surface area (Å²) >= 11 is 0. The summed E-state index contributed by atoms with van der Waals surface area (Å²) in [7, 11) is 0. The molecule has 5 nitrogen and oxygen atoms in total. The Morgan fingerprint density at radius 3 is 3.08 bits per heavy atom. The fourth-order valence-electron chi connectivity index (χ4n) is 0.725. The molecule has 0 unspecified atom stereocenters. The zero-order valence-corrected chi connectivity index (χ0v) is 6.37. The molecule has 2 aromatic heterocycles. The van der Waals surface area contributed by atoms with E-state index in [0.717, 1.165) is 4.68 Å². The monoisotopic (exact) mass is 182 g/mol. The molecular weight excluding hydrogens is 166 g/mol. The first-order valence-corrected chi connectivity index (χ1v) is 3.30. The van der Waals surface area contributed by atoms with E-state index in [0.29, 0.717) is 0 Å². The van der Waals surface area contributed by atoms with E-state index in [1.165, 1.54) is 0 Å². The fourth-order valence-corrected chi connectivity index (χ4v) is 0.725. The minimum atomic E-state index is -2.66. The summed E-state index contributed by atoms with van der Waals surface area (Å²) in [5.41, 5.74) is 4.60. The van der Waals surface area contributed by atoms with Gasteiger partial charge >= 0.3 is 0 Å². The molecule has 0 saturated heterocycles. The van der Waals surface area contributed by atoms with Gasteiger partial charge in [-0.15, -0.1) is 0 Å². The molecule has 0 fully saturated rings. The van der Waals surface area contributed by atoms with Gasteiger partial charge in [0.1, 0.15) is 0 Å². The predicted octanol–water partition coefficient (Wildman–Crippen LogP) is 0.553. The topological polar surface area (TPSA) is 69.6 Å². The van der Waals surface area contributed by atoms with Gasteiger partial charge in [-0.1, -0.05) is 0 Å². The van der Waals surface area contributed by atoms with Crippen molar-refractivity contribution in [1.29, 1.82) is 0 Å². The van der Waals surface area contributed by atoms with E-state index in [2.05, 4.69) is 15.1 Å². The Morgan fingerprint density at radius 2 is 2.38 bits per heavy atom. The molecule has 2 aromatic rings. The van der Waals surface area contributed by atoms with Crippen LogP contribution in [-0.4, -0.2) is 19.7 Å². The lowest BCUT2D eigenvalue weighted by Gasteiger charge is -1.98. The summed E-state index contributed by atoms with van der Waals surface area (Å²) in [5.74, 6) is -0.321. The molecule has 0 atom stereocenters. The van der Waals surface area contributed by atoms with Crippen molar-refractivity contribution in [3.05, 3.63) is 30.4 Å². The number of aromatic nitrogens is 4. The average Bonchev–Trinajstić information content (AvgIpc) is 2.58. The Hall–Kier alpha value is -1.91. The van der Waals surface area contributed by atoms with Crippen LogP contribution in [0.25, 0.3) is 5.82 Å². The highest BCUT2D eigenvalue weighted by Crippen LogP contribution is 2.04. The fraction of sp³-hybridized carbons (Fsp3) is 0.125. The van der Waals surface area contributed by atoms with Gasteiger partial charge in [0.2, 0.25) is 0 Å². The van der Waals surface area contributed by atoms with Crippen LogP contribution in [0.5, 0.6) is 0 Å². The molecule has 13 heavy (non-hydrogen) atoms. The second-order valence-corrected chi connectivity index (χ2v) is 2.17. The van der Waals surface area contributed by atoms with E-state index >= 15 is 0 Å². The molecule has 2 rings (SSSR count). The first-order valence-electron chi connectivity index (χ1n) is 6.80. The highest BCUT2D eigenvalue weighted by Gasteiger charge is 1.98. The molecule has 0 radical (unpaired) electrons. The van der Waals surface area contributed by atoms with E-state index in [1.54, 1.807) is 0 Å². The van der Waals surface area contributed by atoms with E-state index in [1.807, 2.05) is 0 Å². The van der Waals surface area contributed by atoms with Crippen molar-refractivity contribution in [2.45, 2.75) is 6.85 Å². The first-order chi connectivity index (χ1) is 9.12. The quantitative estimate of drug-likeness (QED) is 0.699. The second-order valence-electron chi connectivity index (χ2n) is 2.17. The lowest BCUT2D eigenvalue weighted by molar-refractivity contribution is 0.834. The maximum atomic E-state index is 7.65. The van der Waals surface area contributed by atoms with E-state index in [-0.39, 0.29) is 23.9 Å². The molecule has 2 heterocycles. The highest BCUT2D eigenvalue weighted by molar-refractivity contribution is 5.34. The minimum absolute atomic E-state index is 0.211. The van der Waals surface area contributed by atoms with Crippen molar-refractivity contribution in [3.63, 3.8) is 0 Å². The van der Waals surface area contributed by atoms with Gasteiger partial charge in [0.15, 0.2) is 5.82 Å². The van der Waals surface area contributed by atoms with Gasteiger partial charge in [-0.25, -0.2) is 9.67 Å². The molecule has 0 amide bonds. The van der Waals surface area contributed by atoms with Crippen molar-refractivity contribution in [3.8, 4) is 5.82 Å². The summed E-state index contributed by atoms with van der Waals surface area (Å²) in [6.45, 7) is -2.66. The third-order valence-corrected chi connectivity index (χ3v) is 1.23. The number of nitrogens with zero attached hydrogens (tertiary/aromatic N) is 4. The maximum Gasteiger partial charge on any atom is 0.171 e. The minimum Gasteiger partial charge on any atom is -0.396 e. The van der Waals surface area contributed by atoms with Gasteiger partial charge in [0.25, 0.3) is 0 Å². The Balaban J connectivity index is 2.65. The normalized spacial score (nSPS) is 18.9. The van der Waals surface area contributed by atoms with Gasteiger partial charge in [-0.2, -0.15) is 5.10 Å². The van der Waals surface area contributed by atoms with Gasteiger partial charge in [0, 0.05) is 4.11 Å². The SMILES string of the molecule is [2H]c1nc(C([2H])([2H])[2H])c([2H])nc1-n1nc([2H])c(N)c1[2H]. The van der Waals surface area contributed by atoms with Crippen LogP contribution in [0.4, 0.5) is 5.69 Å². The molecule has 66 valence electrons. The highest BCUT2D eigenvalue weighted by atomic mass is 15.3. The van der Waals surface area contributed by atoms with Crippen LogP contribution in [0.15, 0.2) is 24.7 Å².